The monoisotopic (exact) mass is 401 g/mol. The Morgan fingerprint density at radius 1 is 1.10 bits per heavy atom. The average molecular weight is 401 g/mol. The fraction of sp³-hybridized carbons (Fsp3) is 0.136. The number of hydrogen-bond acceptors (Lipinski definition) is 6. The first-order valence-electron chi connectivity index (χ1n) is 8.89. The Kier molecular flexibility index (Phi) is 4.79. The molecular weight excluding hydrogens is 386 g/mol. The number of ketones is 1. The fourth-order valence-corrected chi connectivity index (χ4v) is 4.06. The van der Waals surface area contributed by atoms with Crippen LogP contribution in [-0.4, -0.2) is 34.0 Å². The number of aryl methyl sites for hydroxylation is 1. The largest absolute Gasteiger partial charge is 0.296 e. The maximum atomic E-state index is 12.8. The molecule has 4 rings (SSSR count). The fourth-order valence-electron chi connectivity index (χ4n) is 3.17. The highest BCUT2D eigenvalue weighted by atomic mass is 32.1. The third kappa shape index (κ3) is 3.35. The van der Waals surface area contributed by atoms with Crippen LogP contribution in [0.5, 0.6) is 0 Å². The normalized spacial score (nSPS) is 13.9. The van der Waals surface area contributed by atoms with Crippen LogP contribution in [0.3, 0.4) is 0 Å². The second kappa shape index (κ2) is 7.41. The summed E-state index contributed by atoms with van der Waals surface area (Å²) in [6, 6.07) is 16.2. The lowest BCUT2D eigenvalue weighted by molar-refractivity contribution is -0.119. The number of rotatable bonds is 5. The molecule has 1 aromatic heterocycles. The van der Waals surface area contributed by atoms with Gasteiger partial charge in [-0.3, -0.25) is 19.3 Å². The van der Waals surface area contributed by atoms with E-state index in [4.69, 9.17) is 0 Å². The topological polar surface area (TPSA) is 91.1 Å². The number of amides is 2. The summed E-state index contributed by atoms with van der Waals surface area (Å²) in [5.41, 5.74) is 3.24. The zero-order valence-electron chi connectivity index (χ0n) is 15.5. The average Bonchev–Trinajstić information content (AvgIpc) is 3.29. The molecule has 142 valence electrons. The van der Waals surface area contributed by atoms with Crippen LogP contribution >= 0.6 is 11.3 Å². The van der Waals surface area contributed by atoms with Crippen molar-refractivity contribution >= 4 is 28.9 Å². The van der Waals surface area contributed by atoms with Gasteiger partial charge in [-0.15, -0.1) is 11.3 Å². The summed E-state index contributed by atoms with van der Waals surface area (Å²) in [6.07, 6.45) is 0. The van der Waals surface area contributed by atoms with Gasteiger partial charge in [-0.2, -0.15) is 5.26 Å². The summed E-state index contributed by atoms with van der Waals surface area (Å²) in [5.74, 6) is -2.71. The zero-order valence-corrected chi connectivity index (χ0v) is 16.3. The van der Waals surface area contributed by atoms with E-state index in [1.165, 1.54) is 11.3 Å². The number of carbonyl (C=O) groups is 3. The Hall–Kier alpha value is -3.63. The predicted molar refractivity (Wildman–Crippen MR) is 107 cm³/mol. The summed E-state index contributed by atoms with van der Waals surface area (Å²) in [7, 11) is 0. The number of benzene rings is 2. The highest BCUT2D eigenvalue weighted by Crippen LogP contribution is 2.28. The standard InChI is InChI=1S/C22H15N3O3S/c1-13-6-8-14(9-7-13)18-12-29-20(24-18)17(10-23)19(26)11-25-21(27)15-4-2-3-5-16(15)22(25)28/h2-9,12,17H,11H2,1H3. The maximum Gasteiger partial charge on any atom is 0.261 e. The van der Waals surface area contributed by atoms with Crippen LogP contribution in [0, 0.1) is 18.3 Å². The molecule has 2 amide bonds. The molecule has 0 radical (unpaired) electrons. The number of carbonyl (C=O) groups excluding carboxylic acids is 3. The van der Waals surface area contributed by atoms with E-state index in [0.717, 1.165) is 16.0 Å². The van der Waals surface area contributed by atoms with Crippen LogP contribution in [0.2, 0.25) is 0 Å². The summed E-state index contributed by atoms with van der Waals surface area (Å²) < 4.78 is 0. The van der Waals surface area contributed by atoms with Gasteiger partial charge in [0.2, 0.25) is 0 Å². The van der Waals surface area contributed by atoms with Gasteiger partial charge in [0.25, 0.3) is 11.8 Å². The number of aromatic nitrogens is 1. The third-order valence-corrected chi connectivity index (χ3v) is 5.67. The van der Waals surface area contributed by atoms with Gasteiger partial charge in [0.1, 0.15) is 5.01 Å². The van der Waals surface area contributed by atoms with Crippen molar-refractivity contribution in [3.63, 3.8) is 0 Å². The Labute approximate surface area is 171 Å². The number of fused-ring (bicyclic) bond motifs is 1. The Morgan fingerprint density at radius 3 is 2.31 bits per heavy atom. The van der Waals surface area contributed by atoms with Crippen molar-refractivity contribution in [3.8, 4) is 17.3 Å². The minimum absolute atomic E-state index is 0.273. The number of nitrogens with zero attached hydrogens (tertiary/aromatic N) is 3. The highest BCUT2D eigenvalue weighted by molar-refractivity contribution is 7.10. The molecule has 0 bridgehead atoms. The van der Waals surface area contributed by atoms with E-state index in [2.05, 4.69) is 4.98 Å². The Morgan fingerprint density at radius 2 is 1.72 bits per heavy atom. The van der Waals surface area contributed by atoms with Crippen molar-refractivity contribution in [1.82, 2.24) is 9.88 Å². The van der Waals surface area contributed by atoms with Gasteiger partial charge in [0.15, 0.2) is 11.7 Å². The van der Waals surface area contributed by atoms with Gasteiger partial charge < -0.3 is 0 Å². The molecule has 3 aromatic rings. The zero-order chi connectivity index (χ0) is 20.5. The summed E-state index contributed by atoms with van der Waals surface area (Å²) in [5, 5.41) is 11.7. The first kappa shape index (κ1) is 18.7. The van der Waals surface area contributed by atoms with Gasteiger partial charge in [-0.05, 0) is 19.1 Å². The molecule has 7 heteroatoms. The van der Waals surface area contributed by atoms with E-state index in [-0.39, 0.29) is 11.1 Å². The van der Waals surface area contributed by atoms with E-state index in [0.29, 0.717) is 10.7 Å². The van der Waals surface area contributed by atoms with E-state index in [1.54, 1.807) is 29.6 Å². The number of hydrogen-bond donors (Lipinski definition) is 0. The lowest BCUT2D eigenvalue weighted by atomic mass is 10.1. The molecule has 2 heterocycles. The molecular formula is C22H15N3O3S. The van der Waals surface area contributed by atoms with Crippen LogP contribution in [0.4, 0.5) is 0 Å². The van der Waals surface area contributed by atoms with E-state index < -0.39 is 30.1 Å². The smallest absolute Gasteiger partial charge is 0.261 e. The van der Waals surface area contributed by atoms with Crippen molar-refractivity contribution in [3.05, 3.63) is 75.6 Å². The molecule has 1 aliphatic heterocycles. The second-order valence-corrected chi connectivity index (χ2v) is 7.60. The van der Waals surface area contributed by atoms with Crippen molar-refractivity contribution in [2.75, 3.05) is 6.54 Å². The lowest BCUT2D eigenvalue weighted by Crippen LogP contribution is -2.36. The van der Waals surface area contributed by atoms with E-state index in [9.17, 15) is 19.6 Å². The molecule has 6 nitrogen and oxygen atoms in total. The molecule has 0 N–H and O–H groups in total. The Balaban J connectivity index is 1.54. The van der Waals surface area contributed by atoms with Crippen LogP contribution in [0.25, 0.3) is 11.3 Å². The number of Topliss-reactive ketones (excluding diaryl/α,β-unsaturated/α-hetero) is 1. The minimum atomic E-state index is -1.14. The van der Waals surface area contributed by atoms with Gasteiger partial charge in [0, 0.05) is 10.9 Å². The van der Waals surface area contributed by atoms with Crippen LogP contribution in [0.1, 0.15) is 37.2 Å². The van der Waals surface area contributed by atoms with Crippen molar-refractivity contribution in [2.24, 2.45) is 0 Å². The van der Waals surface area contributed by atoms with Crippen LogP contribution in [-0.2, 0) is 4.79 Å². The highest BCUT2D eigenvalue weighted by Gasteiger charge is 2.38. The maximum absolute atomic E-state index is 12.8. The SMILES string of the molecule is Cc1ccc(-c2csc(C(C#N)C(=O)CN3C(=O)c4ccccc4C3=O)n2)cc1. The van der Waals surface area contributed by atoms with Gasteiger partial charge in [-0.25, -0.2) is 4.98 Å². The van der Waals surface area contributed by atoms with Gasteiger partial charge in [0.05, 0.1) is 29.4 Å². The first-order chi connectivity index (χ1) is 14.0. The van der Waals surface area contributed by atoms with Gasteiger partial charge in [-0.1, -0.05) is 42.0 Å². The van der Waals surface area contributed by atoms with Crippen molar-refractivity contribution < 1.29 is 14.4 Å². The summed E-state index contributed by atoms with van der Waals surface area (Å²) in [4.78, 5) is 43.0. The third-order valence-electron chi connectivity index (χ3n) is 4.76. The first-order valence-corrected chi connectivity index (χ1v) is 9.77. The second-order valence-electron chi connectivity index (χ2n) is 6.71. The Bertz CT molecular complexity index is 1140. The molecule has 1 unspecified atom stereocenters. The molecule has 1 atom stereocenters. The van der Waals surface area contributed by atoms with Crippen LogP contribution < -0.4 is 0 Å². The van der Waals surface area contributed by atoms with Gasteiger partial charge >= 0.3 is 0 Å². The number of imide groups is 1. The molecule has 0 saturated heterocycles. The number of thiazole rings is 1. The molecule has 0 fully saturated rings. The van der Waals surface area contributed by atoms with E-state index >= 15 is 0 Å². The molecule has 0 aliphatic carbocycles. The molecule has 2 aromatic carbocycles. The molecule has 29 heavy (non-hydrogen) atoms. The lowest BCUT2D eigenvalue weighted by Gasteiger charge is -2.14. The van der Waals surface area contributed by atoms with Crippen LogP contribution in [0.15, 0.2) is 53.9 Å². The van der Waals surface area contributed by atoms with Crippen molar-refractivity contribution in [1.29, 1.82) is 5.26 Å². The van der Waals surface area contributed by atoms with E-state index in [1.807, 2.05) is 37.3 Å². The molecule has 1 aliphatic rings. The quantitative estimate of drug-likeness (QED) is 0.609. The predicted octanol–water partition coefficient (Wildman–Crippen LogP) is 3.59. The molecule has 0 saturated carbocycles. The summed E-state index contributed by atoms with van der Waals surface area (Å²) >= 11 is 1.21. The minimum Gasteiger partial charge on any atom is -0.296 e. The number of nitriles is 1. The summed E-state index contributed by atoms with van der Waals surface area (Å²) in [6.45, 7) is 1.53. The molecule has 0 spiro atoms. The van der Waals surface area contributed by atoms with Crippen molar-refractivity contribution in [2.45, 2.75) is 12.8 Å².